The second-order valence-electron chi connectivity index (χ2n) is 4.74. The molecule has 0 radical (unpaired) electrons. The average molecular weight is 276 g/mol. The molecule has 102 valence electrons. The lowest BCUT2D eigenvalue weighted by Gasteiger charge is -2.30. The van der Waals surface area contributed by atoms with Crippen LogP contribution in [0.3, 0.4) is 0 Å². The number of likely N-dealkylation sites (N-methyl/N-ethyl adjacent to an activating group) is 1. The minimum atomic E-state index is 0.221. The van der Waals surface area contributed by atoms with E-state index < -0.39 is 0 Å². The van der Waals surface area contributed by atoms with Crippen LogP contribution in [0, 0.1) is 11.3 Å². The van der Waals surface area contributed by atoms with E-state index in [9.17, 15) is 5.26 Å². The Hall–Kier alpha value is -1.18. The van der Waals surface area contributed by atoms with Crippen molar-refractivity contribution in [2.24, 2.45) is 0 Å². The summed E-state index contributed by atoms with van der Waals surface area (Å²) in [5, 5.41) is 9.46. The van der Waals surface area contributed by atoms with Gasteiger partial charge < -0.3 is 9.64 Å². The Morgan fingerprint density at radius 2 is 2.32 bits per heavy atom. The molecule has 0 aromatic heterocycles. The summed E-state index contributed by atoms with van der Waals surface area (Å²) in [6.45, 7) is 5.02. The van der Waals surface area contributed by atoms with Gasteiger partial charge in [-0.1, -0.05) is 13.0 Å². The molecule has 2 atom stereocenters. The molecule has 1 heterocycles. The number of hydrogen-bond acceptors (Lipinski definition) is 4. The summed E-state index contributed by atoms with van der Waals surface area (Å²) in [5.41, 5.74) is 1.80. The highest BCUT2D eigenvalue weighted by molar-refractivity contribution is 7.99. The summed E-state index contributed by atoms with van der Waals surface area (Å²) in [4.78, 5) is 3.27. The SMILES string of the molecule is CCSc1cccc(N(C)C2CCOC2C)c1C#N. The van der Waals surface area contributed by atoms with E-state index in [4.69, 9.17) is 4.74 Å². The Labute approximate surface area is 119 Å². The molecule has 1 aliphatic heterocycles. The lowest BCUT2D eigenvalue weighted by molar-refractivity contribution is 0.118. The monoisotopic (exact) mass is 276 g/mol. The molecule has 1 saturated heterocycles. The van der Waals surface area contributed by atoms with Crippen molar-refractivity contribution in [1.29, 1.82) is 5.26 Å². The first kappa shape index (κ1) is 14.2. The van der Waals surface area contributed by atoms with Gasteiger partial charge in [0.25, 0.3) is 0 Å². The molecule has 0 spiro atoms. The van der Waals surface area contributed by atoms with Gasteiger partial charge >= 0.3 is 0 Å². The van der Waals surface area contributed by atoms with Crippen molar-refractivity contribution in [1.82, 2.24) is 0 Å². The maximum absolute atomic E-state index is 9.46. The Morgan fingerprint density at radius 1 is 1.53 bits per heavy atom. The summed E-state index contributed by atoms with van der Waals surface area (Å²) in [7, 11) is 2.06. The van der Waals surface area contributed by atoms with Crippen molar-refractivity contribution in [3.05, 3.63) is 23.8 Å². The lowest BCUT2D eigenvalue weighted by Crippen LogP contribution is -2.37. The van der Waals surface area contributed by atoms with Gasteiger partial charge in [-0.05, 0) is 31.2 Å². The summed E-state index contributed by atoms with van der Waals surface area (Å²) in [6.07, 6.45) is 1.24. The van der Waals surface area contributed by atoms with E-state index in [1.165, 1.54) is 0 Å². The Morgan fingerprint density at radius 3 is 2.89 bits per heavy atom. The Balaban J connectivity index is 2.33. The van der Waals surface area contributed by atoms with Crippen LogP contribution in [0.2, 0.25) is 0 Å². The van der Waals surface area contributed by atoms with Crippen molar-refractivity contribution < 1.29 is 4.74 Å². The zero-order valence-electron chi connectivity index (χ0n) is 11.7. The molecule has 1 fully saturated rings. The third-order valence-corrected chi connectivity index (χ3v) is 4.57. The van der Waals surface area contributed by atoms with Crippen molar-refractivity contribution in [3.8, 4) is 6.07 Å². The van der Waals surface area contributed by atoms with E-state index in [-0.39, 0.29) is 6.10 Å². The molecular weight excluding hydrogens is 256 g/mol. The van der Waals surface area contributed by atoms with Gasteiger partial charge in [-0.2, -0.15) is 5.26 Å². The second kappa shape index (κ2) is 6.31. The molecule has 19 heavy (non-hydrogen) atoms. The first-order valence-electron chi connectivity index (χ1n) is 6.69. The van der Waals surface area contributed by atoms with E-state index in [0.717, 1.165) is 34.9 Å². The molecule has 1 aromatic carbocycles. The van der Waals surface area contributed by atoms with Crippen LogP contribution in [0.15, 0.2) is 23.1 Å². The van der Waals surface area contributed by atoms with E-state index in [0.29, 0.717) is 6.04 Å². The molecule has 1 aliphatic rings. The predicted octanol–water partition coefficient (Wildman–Crippen LogP) is 3.28. The van der Waals surface area contributed by atoms with Crippen molar-refractivity contribution in [2.75, 3.05) is 24.3 Å². The molecule has 0 N–H and O–H groups in total. The standard InChI is InChI=1S/C15H20N2OS/c1-4-19-15-7-5-6-14(12(15)10-16)17(3)13-8-9-18-11(13)2/h5-7,11,13H,4,8-9H2,1-3H3. The molecule has 0 aliphatic carbocycles. The highest BCUT2D eigenvalue weighted by Gasteiger charge is 2.29. The van der Waals surface area contributed by atoms with Crippen molar-refractivity contribution >= 4 is 17.4 Å². The van der Waals surface area contributed by atoms with Gasteiger partial charge in [0.1, 0.15) is 6.07 Å². The van der Waals surface area contributed by atoms with Crippen LogP contribution in [-0.2, 0) is 4.74 Å². The minimum absolute atomic E-state index is 0.221. The maximum atomic E-state index is 9.46. The van der Waals surface area contributed by atoms with Crippen LogP contribution >= 0.6 is 11.8 Å². The summed E-state index contributed by atoms with van der Waals surface area (Å²) in [6, 6.07) is 8.81. The molecule has 1 aromatic rings. The summed E-state index contributed by atoms with van der Waals surface area (Å²) >= 11 is 1.72. The lowest BCUT2D eigenvalue weighted by atomic mass is 10.1. The number of rotatable bonds is 4. The first-order valence-corrected chi connectivity index (χ1v) is 7.68. The largest absolute Gasteiger partial charge is 0.376 e. The van der Waals surface area contributed by atoms with Gasteiger partial charge in [-0.15, -0.1) is 11.8 Å². The molecule has 0 bridgehead atoms. The Kier molecular flexibility index (Phi) is 4.73. The first-order chi connectivity index (χ1) is 9.19. The number of hydrogen-bond donors (Lipinski definition) is 0. The van der Waals surface area contributed by atoms with E-state index in [2.05, 4.69) is 31.9 Å². The smallest absolute Gasteiger partial charge is 0.103 e. The number of anilines is 1. The number of nitrogens with zero attached hydrogens (tertiary/aromatic N) is 2. The number of ether oxygens (including phenoxy) is 1. The van der Waals surface area contributed by atoms with Crippen molar-refractivity contribution in [2.45, 2.75) is 37.3 Å². The fourth-order valence-electron chi connectivity index (χ4n) is 2.61. The van der Waals surface area contributed by atoms with Gasteiger partial charge in [0, 0.05) is 18.6 Å². The fraction of sp³-hybridized carbons (Fsp3) is 0.533. The molecule has 4 heteroatoms. The van der Waals surface area contributed by atoms with Gasteiger partial charge in [0.15, 0.2) is 0 Å². The van der Waals surface area contributed by atoms with Gasteiger partial charge in [0.2, 0.25) is 0 Å². The highest BCUT2D eigenvalue weighted by Crippen LogP contribution is 2.32. The van der Waals surface area contributed by atoms with Crippen LogP contribution in [-0.4, -0.2) is 31.6 Å². The zero-order valence-corrected chi connectivity index (χ0v) is 12.5. The van der Waals surface area contributed by atoms with E-state index in [1.54, 1.807) is 11.8 Å². The normalized spacial score (nSPS) is 22.2. The third kappa shape index (κ3) is 2.88. The van der Waals surface area contributed by atoms with Gasteiger partial charge in [0.05, 0.1) is 23.4 Å². The quantitative estimate of drug-likeness (QED) is 0.791. The minimum Gasteiger partial charge on any atom is -0.376 e. The van der Waals surface area contributed by atoms with E-state index >= 15 is 0 Å². The third-order valence-electron chi connectivity index (χ3n) is 3.63. The zero-order chi connectivity index (χ0) is 13.8. The molecule has 0 amide bonds. The van der Waals surface area contributed by atoms with Crippen LogP contribution in [0.25, 0.3) is 0 Å². The fourth-order valence-corrected chi connectivity index (χ4v) is 3.39. The molecule has 2 rings (SSSR count). The van der Waals surface area contributed by atoms with Crippen molar-refractivity contribution in [3.63, 3.8) is 0 Å². The van der Waals surface area contributed by atoms with Crippen LogP contribution < -0.4 is 4.90 Å². The second-order valence-corrected chi connectivity index (χ2v) is 6.04. The number of nitriles is 1. The van der Waals surface area contributed by atoms with Gasteiger partial charge in [-0.3, -0.25) is 0 Å². The van der Waals surface area contributed by atoms with Gasteiger partial charge in [-0.25, -0.2) is 0 Å². The van der Waals surface area contributed by atoms with Crippen LogP contribution in [0.1, 0.15) is 25.8 Å². The number of thioether (sulfide) groups is 1. The van der Waals surface area contributed by atoms with E-state index in [1.807, 2.05) is 18.2 Å². The predicted molar refractivity (Wildman–Crippen MR) is 79.8 cm³/mol. The molecule has 2 unspecified atom stereocenters. The Bertz CT molecular complexity index is 484. The topological polar surface area (TPSA) is 36.3 Å². The average Bonchev–Trinajstić information content (AvgIpc) is 2.84. The summed E-state index contributed by atoms with van der Waals surface area (Å²) < 4.78 is 5.63. The van der Waals surface area contributed by atoms with Crippen LogP contribution in [0.5, 0.6) is 0 Å². The van der Waals surface area contributed by atoms with Crippen LogP contribution in [0.4, 0.5) is 5.69 Å². The molecule has 0 saturated carbocycles. The number of benzene rings is 1. The molecule has 3 nitrogen and oxygen atoms in total. The summed E-state index contributed by atoms with van der Waals surface area (Å²) in [5.74, 6) is 0.977. The molecular formula is C15H20N2OS. The highest BCUT2D eigenvalue weighted by atomic mass is 32.2. The maximum Gasteiger partial charge on any atom is 0.103 e.